The molecule has 0 radical (unpaired) electrons. The highest BCUT2D eigenvalue weighted by Crippen LogP contribution is 2.15. The minimum absolute atomic E-state index is 0.0833. The van der Waals surface area contributed by atoms with Gasteiger partial charge in [-0.3, -0.25) is 9.78 Å². The first-order valence-corrected chi connectivity index (χ1v) is 10.0. The zero-order chi connectivity index (χ0) is 21.5. The van der Waals surface area contributed by atoms with Crippen LogP contribution in [0.15, 0.2) is 60.8 Å². The number of carbonyl (C=O) groups excluding carboxylic acids is 2. The smallest absolute Gasteiger partial charge is 0.317 e. The highest BCUT2D eigenvalue weighted by molar-refractivity contribution is 6.31. The number of hydrogen-bond acceptors (Lipinski definition) is 4. The minimum atomic E-state index is -0.380. The molecule has 0 aliphatic carbocycles. The lowest BCUT2D eigenvalue weighted by Gasteiger charge is -2.25. The maximum Gasteiger partial charge on any atom is 0.317 e. The minimum Gasteiger partial charge on any atom is -0.463 e. The summed E-state index contributed by atoms with van der Waals surface area (Å²) in [5.74, 6) is -0.380. The van der Waals surface area contributed by atoms with E-state index < -0.39 is 0 Å². The zero-order valence-electron chi connectivity index (χ0n) is 17.0. The Morgan fingerprint density at radius 2 is 1.83 bits per heavy atom. The van der Waals surface area contributed by atoms with Crippen molar-refractivity contribution in [1.29, 1.82) is 0 Å². The van der Waals surface area contributed by atoms with E-state index in [1.807, 2.05) is 55.5 Å². The topological polar surface area (TPSA) is 71.5 Å². The molecular weight excluding hydrogens is 402 g/mol. The number of hydrogen-bond donors (Lipinski definition) is 1. The van der Waals surface area contributed by atoms with Gasteiger partial charge in [-0.1, -0.05) is 54.1 Å². The monoisotopic (exact) mass is 425 g/mol. The number of likely N-dealkylation sites (N-methyl/N-ethyl adjacent to an activating group) is 1. The lowest BCUT2D eigenvalue weighted by molar-refractivity contribution is -0.144. The van der Waals surface area contributed by atoms with Gasteiger partial charge in [0.15, 0.2) is 0 Å². The summed E-state index contributed by atoms with van der Waals surface area (Å²) in [5, 5.41) is 5.47. The normalized spacial score (nSPS) is 11.7. The Morgan fingerprint density at radius 3 is 2.60 bits per heavy atom. The van der Waals surface area contributed by atoms with Crippen molar-refractivity contribution in [3.63, 3.8) is 0 Å². The lowest BCUT2D eigenvalue weighted by Crippen LogP contribution is -2.44. The van der Waals surface area contributed by atoms with Crippen LogP contribution >= 0.6 is 11.6 Å². The van der Waals surface area contributed by atoms with Gasteiger partial charge in [-0.05, 0) is 30.0 Å². The second kappa shape index (κ2) is 10.1. The zero-order valence-corrected chi connectivity index (χ0v) is 17.7. The third kappa shape index (κ3) is 5.70. The van der Waals surface area contributed by atoms with Crippen molar-refractivity contribution in [3.8, 4) is 0 Å². The van der Waals surface area contributed by atoms with Gasteiger partial charge >= 0.3 is 12.0 Å². The summed E-state index contributed by atoms with van der Waals surface area (Å²) in [7, 11) is 1.66. The highest BCUT2D eigenvalue weighted by atomic mass is 35.5. The van der Waals surface area contributed by atoms with Crippen molar-refractivity contribution in [2.75, 3.05) is 13.7 Å². The third-order valence-corrected chi connectivity index (χ3v) is 5.24. The Kier molecular flexibility index (Phi) is 7.25. The molecule has 1 heterocycles. The number of urea groups is 1. The number of rotatable bonds is 7. The number of aromatic nitrogens is 1. The van der Waals surface area contributed by atoms with Gasteiger partial charge < -0.3 is 15.0 Å². The Hall–Kier alpha value is -3.12. The van der Waals surface area contributed by atoms with E-state index in [0.29, 0.717) is 17.3 Å². The predicted octanol–water partition coefficient (Wildman–Crippen LogP) is 4.20. The van der Waals surface area contributed by atoms with Crippen LogP contribution in [0.5, 0.6) is 0 Å². The van der Waals surface area contributed by atoms with Crippen molar-refractivity contribution in [2.45, 2.75) is 25.9 Å². The fourth-order valence-corrected chi connectivity index (χ4v) is 3.09. The number of ether oxygens (including phenoxy) is 1. The van der Waals surface area contributed by atoms with E-state index in [-0.39, 0.29) is 31.1 Å². The van der Waals surface area contributed by atoms with Gasteiger partial charge in [-0.15, -0.1) is 0 Å². The highest BCUT2D eigenvalue weighted by Gasteiger charge is 2.18. The fraction of sp³-hybridized carbons (Fsp3) is 0.261. The van der Waals surface area contributed by atoms with E-state index in [2.05, 4.69) is 10.3 Å². The van der Waals surface area contributed by atoms with E-state index in [1.54, 1.807) is 19.3 Å². The molecule has 3 rings (SSSR count). The number of nitrogens with zero attached hydrogens (tertiary/aromatic N) is 2. The average molecular weight is 426 g/mol. The number of halogens is 1. The van der Waals surface area contributed by atoms with Crippen LogP contribution in [0.3, 0.4) is 0 Å². The molecule has 0 fully saturated rings. The maximum absolute atomic E-state index is 12.4. The first-order valence-electron chi connectivity index (χ1n) is 9.67. The van der Waals surface area contributed by atoms with Crippen LogP contribution < -0.4 is 5.32 Å². The van der Waals surface area contributed by atoms with Crippen molar-refractivity contribution in [1.82, 2.24) is 15.2 Å². The van der Waals surface area contributed by atoms with Crippen molar-refractivity contribution in [2.24, 2.45) is 0 Å². The maximum atomic E-state index is 12.4. The molecule has 1 atom stereocenters. The van der Waals surface area contributed by atoms with E-state index in [0.717, 1.165) is 16.3 Å². The van der Waals surface area contributed by atoms with Crippen molar-refractivity contribution >= 4 is 34.4 Å². The Balaban J connectivity index is 1.46. The van der Waals surface area contributed by atoms with Gasteiger partial charge in [0.25, 0.3) is 0 Å². The van der Waals surface area contributed by atoms with Gasteiger partial charge in [-0.25, -0.2) is 4.79 Å². The van der Waals surface area contributed by atoms with Crippen molar-refractivity contribution < 1.29 is 14.3 Å². The van der Waals surface area contributed by atoms with Crippen LogP contribution in [0.2, 0.25) is 5.02 Å². The first-order chi connectivity index (χ1) is 14.4. The second-order valence-corrected chi connectivity index (χ2v) is 7.50. The van der Waals surface area contributed by atoms with E-state index >= 15 is 0 Å². The SMILES string of the molecule is C[C@@H](COC(=O)Cc1cc2ccccc2cn1)N(C)C(=O)NCc1ccccc1Cl. The third-order valence-electron chi connectivity index (χ3n) is 4.87. The second-order valence-electron chi connectivity index (χ2n) is 7.09. The van der Waals surface area contributed by atoms with Crippen LogP contribution in [0.25, 0.3) is 10.8 Å². The van der Waals surface area contributed by atoms with Crippen LogP contribution in [0.1, 0.15) is 18.2 Å². The standard InChI is InChI=1S/C23H24ClN3O3/c1-16(27(2)23(29)26-14-19-9-5-6-10-21(19)24)15-30-22(28)12-20-11-17-7-3-4-8-18(17)13-25-20/h3-11,13,16H,12,14-15H2,1-2H3,(H,26,29)/t16-/m0/s1. The predicted molar refractivity (Wildman–Crippen MR) is 117 cm³/mol. The molecule has 0 aliphatic heterocycles. The van der Waals surface area contributed by atoms with Gasteiger partial charge in [-0.2, -0.15) is 0 Å². The van der Waals surface area contributed by atoms with E-state index in [1.165, 1.54) is 4.90 Å². The summed E-state index contributed by atoms with van der Waals surface area (Å²) < 4.78 is 5.35. The molecule has 0 unspecified atom stereocenters. The molecular formula is C23H24ClN3O3. The molecule has 0 spiro atoms. The molecule has 0 bridgehead atoms. The summed E-state index contributed by atoms with van der Waals surface area (Å²) >= 11 is 6.11. The number of benzene rings is 2. The van der Waals surface area contributed by atoms with Gasteiger partial charge in [0.05, 0.1) is 18.2 Å². The van der Waals surface area contributed by atoms with E-state index in [4.69, 9.17) is 16.3 Å². The average Bonchev–Trinajstić information content (AvgIpc) is 2.76. The van der Waals surface area contributed by atoms with Gasteiger partial charge in [0, 0.05) is 30.2 Å². The Labute approximate surface area is 180 Å². The number of nitrogens with one attached hydrogen (secondary N) is 1. The molecule has 6 nitrogen and oxygen atoms in total. The summed E-state index contributed by atoms with van der Waals surface area (Å²) in [6, 6.07) is 16.5. The van der Waals surface area contributed by atoms with Crippen LogP contribution in [-0.4, -0.2) is 41.6 Å². The Morgan fingerprint density at radius 1 is 1.13 bits per heavy atom. The number of esters is 1. The number of fused-ring (bicyclic) bond motifs is 1. The van der Waals surface area contributed by atoms with Crippen LogP contribution in [-0.2, 0) is 22.5 Å². The van der Waals surface area contributed by atoms with Gasteiger partial charge in [0.2, 0.25) is 0 Å². The number of amides is 2. The molecule has 2 amide bonds. The van der Waals surface area contributed by atoms with Gasteiger partial charge in [0.1, 0.15) is 6.61 Å². The molecule has 0 aliphatic rings. The quantitative estimate of drug-likeness (QED) is 0.576. The molecule has 0 saturated heterocycles. The summed E-state index contributed by atoms with van der Waals surface area (Å²) in [6.45, 7) is 2.24. The summed E-state index contributed by atoms with van der Waals surface area (Å²) in [6.07, 6.45) is 1.83. The molecule has 30 heavy (non-hydrogen) atoms. The van der Waals surface area contributed by atoms with Crippen LogP contribution in [0.4, 0.5) is 4.79 Å². The molecule has 1 N–H and O–H groups in total. The molecule has 1 aromatic heterocycles. The summed E-state index contributed by atoms with van der Waals surface area (Å²) in [4.78, 5) is 30.4. The lowest BCUT2D eigenvalue weighted by atomic mass is 10.1. The molecule has 0 saturated carbocycles. The molecule has 7 heteroatoms. The van der Waals surface area contributed by atoms with Crippen molar-refractivity contribution in [3.05, 3.63) is 77.1 Å². The molecule has 3 aromatic rings. The number of pyridine rings is 1. The largest absolute Gasteiger partial charge is 0.463 e. The fourth-order valence-electron chi connectivity index (χ4n) is 2.89. The molecule has 156 valence electrons. The first kappa shape index (κ1) is 21.6. The van der Waals surface area contributed by atoms with E-state index in [9.17, 15) is 9.59 Å². The van der Waals surface area contributed by atoms with Crippen LogP contribution in [0, 0.1) is 0 Å². The number of carbonyl (C=O) groups is 2. The molecule has 2 aromatic carbocycles. The summed E-state index contributed by atoms with van der Waals surface area (Å²) in [5.41, 5.74) is 1.49. The Bertz CT molecular complexity index is 1040.